The molecular formula is C39H48N6O8. The van der Waals surface area contributed by atoms with Crippen LogP contribution < -0.4 is 21.3 Å². The molecule has 5 atom stereocenters. The zero-order chi connectivity index (χ0) is 37.8. The van der Waals surface area contributed by atoms with Crippen molar-refractivity contribution in [1.82, 2.24) is 25.8 Å². The van der Waals surface area contributed by atoms with E-state index in [1.54, 1.807) is 56.0 Å². The molecule has 2 aromatic carbocycles. The van der Waals surface area contributed by atoms with Crippen molar-refractivity contribution in [2.24, 2.45) is 5.92 Å². The fraction of sp³-hybridized carbons (Fsp3) is 0.487. The summed E-state index contributed by atoms with van der Waals surface area (Å²) >= 11 is 0. The predicted molar refractivity (Wildman–Crippen MR) is 194 cm³/mol. The van der Waals surface area contributed by atoms with Gasteiger partial charge in [0.15, 0.2) is 0 Å². The molecule has 0 unspecified atom stereocenters. The Balaban J connectivity index is 1.23. The maximum atomic E-state index is 14.4. The molecular weight excluding hydrogens is 680 g/mol. The number of urea groups is 1. The van der Waals surface area contributed by atoms with E-state index in [0.29, 0.717) is 38.0 Å². The lowest BCUT2D eigenvalue weighted by atomic mass is 10.0. The number of anilines is 1. The van der Waals surface area contributed by atoms with Gasteiger partial charge in [0.1, 0.15) is 29.3 Å². The Morgan fingerprint density at radius 2 is 1.62 bits per heavy atom. The van der Waals surface area contributed by atoms with Crippen molar-refractivity contribution in [3.05, 3.63) is 77.9 Å². The number of hydrogen-bond acceptors (Lipinski definition) is 8. The number of carbonyl (C=O) groups is 6. The van der Waals surface area contributed by atoms with Crippen LogP contribution >= 0.6 is 0 Å². The lowest BCUT2D eigenvalue weighted by molar-refractivity contribution is -0.141. The molecule has 4 aliphatic rings. The van der Waals surface area contributed by atoms with Gasteiger partial charge < -0.3 is 30.3 Å². The molecule has 6 rings (SSSR count). The van der Waals surface area contributed by atoms with E-state index in [4.69, 9.17) is 9.47 Å². The molecule has 7 amide bonds. The van der Waals surface area contributed by atoms with Gasteiger partial charge in [-0.2, -0.15) is 0 Å². The van der Waals surface area contributed by atoms with Crippen molar-refractivity contribution in [1.29, 1.82) is 0 Å². The first kappa shape index (κ1) is 37.4. The summed E-state index contributed by atoms with van der Waals surface area (Å²) < 4.78 is 11.4. The van der Waals surface area contributed by atoms with E-state index in [2.05, 4.69) is 21.3 Å². The highest BCUT2D eigenvalue weighted by atomic mass is 16.6. The lowest BCUT2D eigenvalue weighted by Gasteiger charge is -2.30. The fourth-order valence-corrected chi connectivity index (χ4v) is 7.19. The number of allylic oxidation sites excluding steroid dienone is 1. The molecule has 4 N–H and O–H groups in total. The lowest BCUT2D eigenvalue weighted by Crippen LogP contribution is -2.58. The SMILES string of the molecule is CC(C)(C)OC(=O)N[C@H]1CCCCC/C=C\[C@H]2C[C@@]2(C(=O)NC(=O)Nc2ccccc2)NC(=O)[C@@H]2C[C@@H](OC(=O)N3Cc4ccccc4C3)CN2C1=O. The van der Waals surface area contributed by atoms with Gasteiger partial charge in [-0.05, 0) is 69.7 Å². The fourth-order valence-electron chi connectivity index (χ4n) is 7.19. The van der Waals surface area contributed by atoms with E-state index in [-0.39, 0.29) is 19.4 Å². The molecule has 0 aromatic heterocycles. The Morgan fingerprint density at radius 1 is 0.925 bits per heavy atom. The van der Waals surface area contributed by atoms with Crippen LogP contribution in [0.3, 0.4) is 0 Å². The Kier molecular flexibility index (Phi) is 11.1. The molecule has 2 aromatic rings. The van der Waals surface area contributed by atoms with Crippen LogP contribution in [0.4, 0.5) is 20.1 Å². The molecule has 282 valence electrons. The van der Waals surface area contributed by atoms with Crippen LogP contribution in [0.15, 0.2) is 66.7 Å². The number of fused-ring (bicyclic) bond motifs is 3. The summed E-state index contributed by atoms with van der Waals surface area (Å²) in [7, 11) is 0. The van der Waals surface area contributed by atoms with Crippen LogP contribution in [0.5, 0.6) is 0 Å². The zero-order valence-corrected chi connectivity index (χ0v) is 30.4. The average Bonchev–Trinajstić information content (AvgIpc) is 3.41. The molecule has 0 bridgehead atoms. The summed E-state index contributed by atoms with van der Waals surface area (Å²) in [5.41, 5.74) is 0.270. The van der Waals surface area contributed by atoms with Crippen LogP contribution in [0.2, 0.25) is 0 Å². The molecule has 1 aliphatic carbocycles. The van der Waals surface area contributed by atoms with Crippen LogP contribution in [-0.4, -0.2) is 81.6 Å². The number of rotatable bonds is 4. The number of imide groups is 1. The molecule has 53 heavy (non-hydrogen) atoms. The normalized spacial score (nSPS) is 26.3. The smallest absolute Gasteiger partial charge is 0.410 e. The number of benzene rings is 2. The zero-order valence-electron chi connectivity index (χ0n) is 30.4. The number of hydrogen-bond donors (Lipinski definition) is 4. The van der Waals surface area contributed by atoms with Gasteiger partial charge in [0.25, 0.3) is 5.91 Å². The molecule has 0 radical (unpaired) electrons. The second-order valence-corrected chi connectivity index (χ2v) is 15.2. The van der Waals surface area contributed by atoms with Gasteiger partial charge in [-0.1, -0.05) is 67.5 Å². The standard InChI is InChI=1S/C39H48N6O8/c1-38(2,3)53-36(50)41-30-19-11-6-4-5-8-16-27-21-39(27,34(48)42-35(49)40-28-17-9-7-10-18-28)43-32(46)31-20-29(24-45(31)33(30)47)52-37(51)44-22-25-14-12-13-15-26(25)23-44/h7-10,12-18,27,29-31H,4-6,11,19-24H2,1-3H3,(H,41,50)(H,43,46)(H2,40,42,48,49)/b16-8-/t27-,29+,30-,31-,39+/m0/s1. The molecule has 1 saturated carbocycles. The number of carbonyl (C=O) groups excluding carboxylic acids is 6. The second kappa shape index (κ2) is 15.7. The topological polar surface area (TPSA) is 175 Å². The molecule has 14 nitrogen and oxygen atoms in total. The summed E-state index contributed by atoms with van der Waals surface area (Å²) in [6.07, 6.45) is 5.07. The van der Waals surface area contributed by atoms with Gasteiger partial charge in [-0.15, -0.1) is 0 Å². The van der Waals surface area contributed by atoms with Gasteiger partial charge in [-0.25, -0.2) is 14.4 Å². The Labute approximate surface area is 309 Å². The maximum Gasteiger partial charge on any atom is 0.410 e. The summed E-state index contributed by atoms with van der Waals surface area (Å²) in [4.78, 5) is 84.4. The van der Waals surface area contributed by atoms with Crippen LogP contribution in [0.1, 0.15) is 76.8 Å². The second-order valence-electron chi connectivity index (χ2n) is 15.2. The van der Waals surface area contributed by atoms with E-state index in [1.165, 1.54) is 4.90 Å². The third-order valence-corrected chi connectivity index (χ3v) is 9.96. The van der Waals surface area contributed by atoms with Gasteiger partial charge in [0.05, 0.1) is 6.54 Å². The van der Waals surface area contributed by atoms with Crippen LogP contribution in [-0.2, 0) is 36.9 Å². The van der Waals surface area contributed by atoms with Crippen LogP contribution in [0, 0.1) is 5.92 Å². The molecule has 3 heterocycles. The first-order valence-corrected chi connectivity index (χ1v) is 18.3. The predicted octanol–water partition coefficient (Wildman–Crippen LogP) is 4.75. The monoisotopic (exact) mass is 728 g/mol. The largest absolute Gasteiger partial charge is 0.444 e. The minimum atomic E-state index is -1.44. The highest BCUT2D eigenvalue weighted by molar-refractivity contribution is 6.07. The molecule has 14 heteroatoms. The Morgan fingerprint density at radius 3 is 2.32 bits per heavy atom. The quantitative estimate of drug-likeness (QED) is 0.327. The van der Waals surface area contributed by atoms with E-state index >= 15 is 0 Å². The van der Waals surface area contributed by atoms with Crippen molar-refractivity contribution in [2.45, 2.75) is 108 Å². The van der Waals surface area contributed by atoms with Crippen molar-refractivity contribution < 1.29 is 38.2 Å². The molecule has 3 aliphatic heterocycles. The average molecular weight is 729 g/mol. The van der Waals surface area contributed by atoms with Crippen molar-refractivity contribution in [3.63, 3.8) is 0 Å². The third kappa shape index (κ3) is 9.16. The summed E-state index contributed by atoms with van der Waals surface area (Å²) in [5.74, 6) is -2.23. The third-order valence-electron chi connectivity index (χ3n) is 9.96. The minimum absolute atomic E-state index is 0.0318. The van der Waals surface area contributed by atoms with Crippen molar-refractivity contribution in [2.75, 3.05) is 11.9 Å². The van der Waals surface area contributed by atoms with Gasteiger partial charge in [0, 0.05) is 31.1 Å². The number of nitrogens with one attached hydrogen (secondary N) is 4. The summed E-state index contributed by atoms with van der Waals surface area (Å²) in [5, 5.41) is 10.6. The first-order chi connectivity index (χ1) is 25.3. The van der Waals surface area contributed by atoms with E-state index in [9.17, 15) is 28.8 Å². The summed E-state index contributed by atoms with van der Waals surface area (Å²) in [6, 6.07) is 13.5. The number of alkyl carbamates (subject to hydrolysis) is 1. The highest BCUT2D eigenvalue weighted by Gasteiger charge is 2.61. The van der Waals surface area contributed by atoms with E-state index in [0.717, 1.165) is 24.0 Å². The van der Waals surface area contributed by atoms with E-state index < -0.39 is 71.2 Å². The highest BCUT2D eigenvalue weighted by Crippen LogP contribution is 2.45. The summed E-state index contributed by atoms with van der Waals surface area (Å²) in [6.45, 7) is 5.82. The number of para-hydroxylation sites is 1. The van der Waals surface area contributed by atoms with E-state index in [1.807, 2.05) is 36.4 Å². The maximum absolute atomic E-state index is 14.4. The molecule has 2 fully saturated rings. The minimum Gasteiger partial charge on any atom is -0.444 e. The Bertz CT molecular complexity index is 1730. The molecule has 1 saturated heterocycles. The van der Waals surface area contributed by atoms with Crippen molar-refractivity contribution in [3.8, 4) is 0 Å². The number of ether oxygens (including phenoxy) is 2. The number of nitrogens with zero attached hydrogens (tertiary/aromatic N) is 2. The van der Waals surface area contributed by atoms with Crippen LogP contribution in [0.25, 0.3) is 0 Å². The van der Waals surface area contributed by atoms with Crippen molar-refractivity contribution >= 4 is 41.6 Å². The van der Waals surface area contributed by atoms with Gasteiger partial charge in [-0.3, -0.25) is 24.6 Å². The Hall–Kier alpha value is -5.40. The van der Waals surface area contributed by atoms with Gasteiger partial charge in [0.2, 0.25) is 11.8 Å². The molecule has 0 spiro atoms. The van der Waals surface area contributed by atoms with Gasteiger partial charge >= 0.3 is 18.2 Å². The first-order valence-electron chi connectivity index (χ1n) is 18.3. The number of amides is 7.